The molecule has 0 unspecified atom stereocenters. The molecule has 0 amide bonds. The number of aromatic nitrogens is 1. The monoisotopic (exact) mass is 314 g/mol. The predicted octanol–water partition coefficient (Wildman–Crippen LogP) is 2.42. The first kappa shape index (κ1) is 16.5. The van der Waals surface area contributed by atoms with Crippen LogP contribution in [0, 0.1) is 5.92 Å². The summed E-state index contributed by atoms with van der Waals surface area (Å²) in [7, 11) is -3.46. The van der Waals surface area contributed by atoms with Crippen LogP contribution in [-0.2, 0) is 16.6 Å². The van der Waals surface area contributed by atoms with Crippen molar-refractivity contribution >= 4 is 10.0 Å². The van der Waals surface area contributed by atoms with Gasteiger partial charge >= 0.3 is 0 Å². The lowest BCUT2D eigenvalue weighted by molar-refractivity contribution is 0.270. The van der Waals surface area contributed by atoms with Crippen molar-refractivity contribution in [3.05, 3.63) is 18.0 Å². The number of hydrogen-bond acceptors (Lipinski definition) is 3. The lowest BCUT2D eigenvalue weighted by atomic mass is 10.1. The van der Waals surface area contributed by atoms with Crippen molar-refractivity contribution in [2.24, 2.45) is 5.92 Å². The SMILES string of the molecule is CC(C)CCCCNS(=O)(=O)c1cc(CO)n(C2CC2)c1. The number of aliphatic hydroxyl groups excluding tert-OH is 1. The Balaban J connectivity index is 1.93. The highest BCUT2D eigenvalue weighted by Gasteiger charge is 2.27. The molecule has 0 saturated heterocycles. The van der Waals surface area contributed by atoms with Crippen LogP contribution >= 0.6 is 0 Å². The second kappa shape index (κ2) is 6.94. The van der Waals surface area contributed by atoms with Crippen LogP contribution in [-0.4, -0.2) is 24.6 Å². The van der Waals surface area contributed by atoms with Crippen molar-refractivity contribution in [1.82, 2.24) is 9.29 Å². The van der Waals surface area contributed by atoms with Crippen molar-refractivity contribution < 1.29 is 13.5 Å². The molecule has 2 N–H and O–H groups in total. The molecule has 5 nitrogen and oxygen atoms in total. The number of hydrogen-bond donors (Lipinski definition) is 2. The summed E-state index contributed by atoms with van der Waals surface area (Å²) in [5, 5.41) is 9.34. The summed E-state index contributed by atoms with van der Waals surface area (Å²) in [5.41, 5.74) is 0.678. The van der Waals surface area contributed by atoms with E-state index in [0.717, 1.165) is 32.1 Å². The topological polar surface area (TPSA) is 71.3 Å². The highest BCUT2D eigenvalue weighted by molar-refractivity contribution is 7.89. The van der Waals surface area contributed by atoms with E-state index in [4.69, 9.17) is 0 Å². The third-order valence-corrected chi connectivity index (χ3v) is 5.25. The molecule has 1 saturated carbocycles. The first-order chi connectivity index (χ1) is 9.94. The minimum absolute atomic E-state index is 0.125. The highest BCUT2D eigenvalue weighted by Crippen LogP contribution is 2.37. The quantitative estimate of drug-likeness (QED) is 0.688. The molecule has 0 aliphatic heterocycles. The Morgan fingerprint density at radius 2 is 2.10 bits per heavy atom. The summed E-state index contributed by atoms with van der Waals surface area (Å²) < 4.78 is 29.0. The lowest BCUT2D eigenvalue weighted by Crippen LogP contribution is -2.24. The molecule has 1 fully saturated rings. The van der Waals surface area contributed by atoms with Crippen molar-refractivity contribution in [1.29, 1.82) is 0 Å². The first-order valence-electron chi connectivity index (χ1n) is 7.75. The van der Waals surface area contributed by atoms with Gasteiger partial charge in [0.1, 0.15) is 0 Å². The van der Waals surface area contributed by atoms with Gasteiger partial charge in [0, 0.05) is 24.5 Å². The predicted molar refractivity (Wildman–Crippen MR) is 82.5 cm³/mol. The normalized spacial score (nSPS) is 15.8. The van der Waals surface area contributed by atoms with E-state index >= 15 is 0 Å². The number of rotatable bonds is 9. The Labute approximate surface area is 127 Å². The summed E-state index contributed by atoms with van der Waals surface area (Å²) in [6.07, 6.45) is 6.78. The third kappa shape index (κ3) is 4.56. The van der Waals surface area contributed by atoms with E-state index in [0.29, 0.717) is 24.2 Å². The fourth-order valence-electron chi connectivity index (χ4n) is 2.43. The lowest BCUT2D eigenvalue weighted by Gasteiger charge is -2.06. The zero-order valence-electron chi connectivity index (χ0n) is 12.9. The van der Waals surface area contributed by atoms with Gasteiger partial charge in [0.2, 0.25) is 10.0 Å². The number of nitrogens with one attached hydrogen (secondary N) is 1. The van der Waals surface area contributed by atoms with Gasteiger partial charge in [-0.2, -0.15) is 0 Å². The maximum atomic E-state index is 12.2. The molecule has 1 heterocycles. The first-order valence-corrected chi connectivity index (χ1v) is 9.23. The second-order valence-corrected chi connectivity index (χ2v) is 8.02. The van der Waals surface area contributed by atoms with Crippen molar-refractivity contribution in [2.45, 2.75) is 63.5 Å². The van der Waals surface area contributed by atoms with Crippen molar-refractivity contribution in [2.75, 3.05) is 6.54 Å². The van der Waals surface area contributed by atoms with Gasteiger partial charge in [-0.3, -0.25) is 0 Å². The van der Waals surface area contributed by atoms with Crippen LogP contribution in [0.15, 0.2) is 17.2 Å². The standard InChI is InChI=1S/C15H26N2O3S/c1-12(2)5-3-4-8-16-21(19,20)15-9-14(11-18)17(10-15)13-6-7-13/h9-10,12-13,16,18H,3-8,11H2,1-2H3. The van der Waals surface area contributed by atoms with E-state index in [-0.39, 0.29) is 11.5 Å². The van der Waals surface area contributed by atoms with E-state index in [1.165, 1.54) is 0 Å². The molecule has 1 aliphatic rings. The maximum absolute atomic E-state index is 12.2. The summed E-state index contributed by atoms with van der Waals surface area (Å²) in [5.74, 6) is 0.654. The zero-order valence-corrected chi connectivity index (χ0v) is 13.7. The molecule has 0 radical (unpaired) electrons. The summed E-state index contributed by atoms with van der Waals surface area (Å²) in [6.45, 7) is 4.68. The van der Waals surface area contributed by atoms with Crippen LogP contribution < -0.4 is 4.72 Å². The Hall–Kier alpha value is -0.850. The molecule has 6 heteroatoms. The molecule has 21 heavy (non-hydrogen) atoms. The van der Waals surface area contributed by atoms with Crippen molar-refractivity contribution in [3.63, 3.8) is 0 Å². The molecule has 120 valence electrons. The smallest absolute Gasteiger partial charge is 0.242 e. The van der Waals surface area contributed by atoms with Gasteiger partial charge in [0.25, 0.3) is 0 Å². The Morgan fingerprint density at radius 3 is 2.67 bits per heavy atom. The third-order valence-electron chi connectivity index (χ3n) is 3.82. The van der Waals surface area contributed by atoms with Crippen molar-refractivity contribution in [3.8, 4) is 0 Å². The van der Waals surface area contributed by atoms with Crippen LogP contribution in [0.2, 0.25) is 0 Å². The Morgan fingerprint density at radius 1 is 1.38 bits per heavy atom. The van der Waals surface area contributed by atoms with E-state index in [9.17, 15) is 13.5 Å². The van der Waals surface area contributed by atoms with E-state index in [1.54, 1.807) is 12.3 Å². The van der Waals surface area contributed by atoms with Crippen LogP contribution in [0.25, 0.3) is 0 Å². The number of unbranched alkanes of at least 4 members (excludes halogenated alkanes) is 1. The van der Waals surface area contributed by atoms with Crippen LogP contribution in [0.4, 0.5) is 0 Å². The Bertz CT molecular complexity index is 559. The van der Waals surface area contributed by atoms with E-state index in [1.807, 2.05) is 4.57 Å². The van der Waals surface area contributed by atoms with Gasteiger partial charge in [-0.15, -0.1) is 0 Å². The minimum Gasteiger partial charge on any atom is -0.390 e. The molecule has 0 aromatic carbocycles. The Kier molecular flexibility index (Phi) is 5.46. The van der Waals surface area contributed by atoms with Gasteiger partial charge in [-0.1, -0.05) is 26.7 Å². The van der Waals surface area contributed by atoms with Crippen LogP contribution in [0.1, 0.15) is 57.7 Å². The second-order valence-electron chi connectivity index (χ2n) is 6.25. The maximum Gasteiger partial charge on any atom is 0.242 e. The molecule has 0 bridgehead atoms. The molecular formula is C15H26N2O3S. The van der Waals surface area contributed by atoms with Crippen LogP contribution in [0.5, 0.6) is 0 Å². The minimum atomic E-state index is -3.46. The largest absolute Gasteiger partial charge is 0.390 e. The average molecular weight is 314 g/mol. The van der Waals surface area contributed by atoms with Gasteiger partial charge in [-0.05, 0) is 31.2 Å². The van der Waals surface area contributed by atoms with Crippen LogP contribution in [0.3, 0.4) is 0 Å². The van der Waals surface area contributed by atoms with Gasteiger partial charge in [-0.25, -0.2) is 13.1 Å². The average Bonchev–Trinajstić information content (AvgIpc) is 3.16. The summed E-state index contributed by atoms with van der Waals surface area (Å²) in [4.78, 5) is 0.266. The van der Waals surface area contributed by atoms with E-state index < -0.39 is 10.0 Å². The molecule has 0 atom stereocenters. The summed E-state index contributed by atoms with van der Waals surface area (Å²) in [6, 6.07) is 1.94. The van der Waals surface area contributed by atoms with Gasteiger partial charge in [0.15, 0.2) is 0 Å². The molecule has 2 rings (SSSR count). The highest BCUT2D eigenvalue weighted by atomic mass is 32.2. The molecule has 1 aromatic heterocycles. The molecule has 1 aliphatic carbocycles. The summed E-state index contributed by atoms with van der Waals surface area (Å²) >= 11 is 0. The fraction of sp³-hybridized carbons (Fsp3) is 0.733. The van der Waals surface area contributed by atoms with Gasteiger partial charge < -0.3 is 9.67 Å². The zero-order chi connectivity index (χ0) is 15.5. The molecule has 1 aromatic rings. The molecular weight excluding hydrogens is 288 g/mol. The number of nitrogens with zero attached hydrogens (tertiary/aromatic N) is 1. The number of aliphatic hydroxyl groups is 1. The number of sulfonamides is 1. The van der Waals surface area contributed by atoms with E-state index in [2.05, 4.69) is 18.6 Å². The van der Waals surface area contributed by atoms with Gasteiger partial charge in [0.05, 0.1) is 11.5 Å². The fourth-order valence-corrected chi connectivity index (χ4v) is 3.55. The molecule has 0 spiro atoms.